The van der Waals surface area contributed by atoms with Crippen molar-refractivity contribution in [2.24, 2.45) is 11.8 Å². The van der Waals surface area contributed by atoms with Gasteiger partial charge in [-0.1, -0.05) is 6.92 Å². The number of β-lactam (4-membered cyclic amide) rings is 1. The van der Waals surface area contributed by atoms with Crippen LogP contribution in [0.1, 0.15) is 19.4 Å². The lowest BCUT2D eigenvalue weighted by atomic mass is 9.79. The van der Waals surface area contributed by atoms with Crippen LogP contribution in [0, 0.1) is 22.0 Å². The molecule has 0 radical (unpaired) electrons. The number of amides is 1. The molecule has 156 valence electrons. The first-order valence-corrected chi connectivity index (χ1v) is 10.2. The molecule has 1 fully saturated rings. The van der Waals surface area contributed by atoms with Crippen LogP contribution in [0.2, 0.25) is 0 Å². The molecule has 1 amide bonds. The highest BCUT2D eigenvalue weighted by molar-refractivity contribution is 8.03. The maximum atomic E-state index is 12.8. The van der Waals surface area contributed by atoms with E-state index in [1.807, 2.05) is 6.92 Å². The Morgan fingerprint density at radius 2 is 2.03 bits per heavy atom. The van der Waals surface area contributed by atoms with Gasteiger partial charge >= 0.3 is 5.97 Å². The lowest BCUT2D eigenvalue weighted by Gasteiger charge is -2.46. The van der Waals surface area contributed by atoms with E-state index < -0.39 is 22.9 Å². The normalized spacial score (nSPS) is 24.2. The Balaban J connectivity index is 1.77. The number of thioether (sulfide) groups is 1. The average molecular weight is 422 g/mol. The van der Waals surface area contributed by atoms with Gasteiger partial charge in [0.25, 0.3) is 5.69 Å². The number of nitrogens with zero attached hydrogens (tertiary/aromatic N) is 2. The zero-order valence-corrected chi connectivity index (χ0v) is 16.8. The number of benzene rings is 1. The third-order valence-corrected chi connectivity index (χ3v) is 6.43. The zero-order valence-electron chi connectivity index (χ0n) is 16.0. The van der Waals surface area contributed by atoms with Crippen molar-refractivity contribution in [1.29, 1.82) is 0 Å². The molecule has 0 bridgehead atoms. The van der Waals surface area contributed by atoms with E-state index in [9.17, 15) is 24.8 Å². The molecule has 2 heterocycles. The van der Waals surface area contributed by atoms with E-state index in [2.05, 4.69) is 0 Å². The number of non-ortho nitro benzene ring substituents is 1. The number of rotatable bonds is 8. The Labute approximate surface area is 171 Å². The number of nitro groups is 1. The summed E-state index contributed by atoms with van der Waals surface area (Å²) in [6.07, 6.45) is -0.828. The molecular weight excluding hydrogens is 400 g/mol. The molecule has 2 N–H and O–H groups in total. The van der Waals surface area contributed by atoms with E-state index in [0.717, 1.165) is 0 Å². The topological polar surface area (TPSA) is 130 Å². The fourth-order valence-electron chi connectivity index (χ4n) is 3.79. The molecule has 29 heavy (non-hydrogen) atoms. The second-order valence-corrected chi connectivity index (χ2v) is 8.18. The molecule has 0 spiro atoms. The van der Waals surface area contributed by atoms with E-state index in [4.69, 9.17) is 9.84 Å². The molecule has 3 rings (SSSR count). The third-order valence-electron chi connectivity index (χ3n) is 5.17. The molecule has 0 saturated carbocycles. The van der Waals surface area contributed by atoms with Crippen LogP contribution in [-0.2, 0) is 20.9 Å². The SMILES string of the molecule is CC(O)[C@@H]1C(=O)N2C(C(=O)OCc3ccc([N+](=O)[O-])cc3)=C(SCCO)[C@@H](C)C12. The van der Waals surface area contributed by atoms with Crippen LogP contribution in [0.25, 0.3) is 0 Å². The molecule has 1 aromatic rings. The van der Waals surface area contributed by atoms with Gasteiger partial charge < -0.3 is 19.8 Å². The standard InChI is InChI=1S/C19H22N2O7S/c1-10-15-14(11(2)23)18(24)20(15)16(17(10)29-8-7-22)19(25)28-9-12-3-5-13(6-4-12)21(26)27/h3-6,10-11,14-15,22-23H,7-9H2,1-2H3/t10-,11?,14-,15?/m0/s1. The van der Waals surface area contributed by atoms with Gasteiger partial charge in [-0.25, -0.2) is 4.79 Å². The zero-order chi connectivity index (χ0) is 21.3. The second-order valence-electron chi connectivity index (χ2n) is 7.04. The Kier molecular flexibility index (Phi) is 6.25. The minimum Gasteiger partial charge on any atom is -0.456 e. The van der Waals surface area contributed by atoms with Crippen molar-refractivity contribution in [3.63, 3.8) is 0 Å². The van der Waals surface area contributed by atoms with E-state index in [1.54, 1.807) is 6.92 Å². The predicted molar refractivity (Wildman–Crippen MR) is 104 cm³/mol. The highest BCUT2D eigenvalue weighted by Crippen LogP contribution is 2.50. The largest absolute Gasteiger partial charge is 0.456 e. The van der Waals surface area contributed by atoms with Crippen LogP contribution in [0.5, 0.6) is 0 Å². The number of carbonyl (C=O) groups is 2. The fraction of sp³-hybridized carbons (Fsp3) is 0.474. The van der Waals surface area contributed by atoms with Gasteiger partial charge in [-0.05, 0) is 24.6 Å². The van der Waals surface area contributed by atoms with Crippen LogP contribution in [0.3, 0.4) is 0 Å². The summed E-state index contributed by atoms with van der Waals surface area (Å²) in [6, 6.07) is 5.33. The summed E-state index contributed by atoms with van der Waals surface area (Å²) in [5, 5.41) is 29.8. The molecule has 4 atom stereocenters. The van der Waals surface area contributed by atoms with Crippen molar-refractivity contribution in [2.45, 2.75) is 32.6 Å². The van der Waals surface area contributed by atoms with Crippen LogP contribution >= 0.6 is 11.8 Å². The number of esters is 1. The molecule has 2 aliphatic rings. The number of aliphatic hydroxyl groups excluding tert-OH is 2. The predicted octanol–water partition coefficient (Wildman–Crippen LogP) is 1.43. The van der Waals surface area contributed by atoms with Crippen LogP contribution < -0.4 is 0 Å². The molecule has 1 saturated heterocycles. The Morgan fingerprint density at radius 1 is 1.38 bits per heavy atom. The summed E-state index contributed by atoms with van der Waals surface area (Å²) in [5.41, 5.74) is 0.673. The van der Waals surface area contributed by atoms with Crippen molar-refractivity contribution in [1.82, 2.24) is 4.90 Å². The molecule has 9 nitrogen and oxygen atoms in total. The monoisotopic (exact) mass is 422 g/mol. The number of nitro benzene ring substituents is 1. The molecule has 2 aliphatic heterocycles. The first kappa shape index (κ1) is 21.3. The highest BCUT2D eigenvalue weighted by atomic mass is 32.2. The first-order valence-electron chi connectivity index (χ1n) is 9.17. The van der Waals surface area contributed by atoms with Crippen LogP contribution in [-0.4, -0.2) is 56.4 Å². The average Bonchev–Trinajstić information content (AvgIpc) is 2.92. The lowest BCUT2D eigenvalue weighted by Crippen LogP contribution is -2.63. The number of aliphatic hydroxyl groups is 2. The van der Waals surface area contributed by atoms with Gasteiger partial charge in [0.15, 0.2) is 0 Å². The van der Waals surface area contributed by atoms with Gasteiger partial charge in [0.2, 0.25) is 5.91 Å². The van der Waals surface area contributed by atoms with Gasteiger partial charge in [-0.2, -0.15) is 0 Å². The summed E-state index contributed by atoms with van der Waals surface area (Å²) >= 11 is 1.30. The van der Waals surface area contributed by atoms with Crippen molar-refractivity contribution in [2.75, 3.05) is 12.4 Å². The maximum Gasteiger partial charge on any atom is 0.356 e. The van der Waals surface area contributed by atoms with Gasteiger partial charge in [0.1, 0.15) is 12.3 Å². The number of hydrogen-bond acceptors (Lipinski definition) is 8. The first-order chi connectivity index (χ1) is 13.8. The Hall–Kier alpha value is -2.43. The minimum absolute atomic E-state index is 0.0618. The summed E-state index contributed by atoms with van der Waals surface area (Å²) in [4.78, 5) is 37.6. The summed E-state index contributed by atoms with van der Waals surface area (Å²) in [6.45, 7) is 3.26. The Morgan fingerprint density at radius 3 is 2.59 bits per heavy atom. The molecule has 2 unspecified atom stereocenters. The van der Waals surface area contributed by atoms with E-state index in [0.29, 0.717) is 16.2 Å². The van der Waals surface area contributed by atoms with Gasteiger partial charge in [-0.15, -0.1) is 11.8 Å². The van der Waals surface area contributed by atoms with Gasteiger partial charge in [0, 0.05) is 28.7 Å². The van der Waals surface area contributed by atoms with Crippen molar-refractivity contribution < 1.29 is 29.5 Å². The van der Waals surface area contributed by atoms with Crippen molar-refractivity contribution >= 4 is 29.3 Å². The molecular formula is C19H22N2O7S. The van der Waals surface area contributed by atoms with E-state index in [-0.39, 0.29) is 42.5 Å². The number of fused-ring (bicyclic) bond motifs is 1. The number of ether oxygens (including phenoxy) is 1. The third kappa shape index (κ3) is 3.87. The van der Waals surface area contributed by atoms with E-state index >= 15 is 0 Å². The summed E-state index contributed by atoms with van der Waals surface area (Å²) < 4.78 is 5.37. The summed E-state index contributed by atoms with van der Waals surface area (Å²) in [7, 11) is 0. The van der Waals surface area contributed by atoms with Crippen molar-refractivity contribution in [3.8, 4) is 0 Å². The molecule has 0 aromatic heterocycles. The maximum absolute atomic E-state index is 12.8. The van der Waals surface area contributed by atoms with Gasteiger partial charge in [0.05, 0.1) is 29.6 Å². The fourth-order valence-corrected chi connectivity index (χ4v) is 4.82. The van der Waals surface area contributed by atoms with E-state index in [1.165, 1.54) is 40.9 Å². The van der Waals surface area contributed by atoms with Crippen LogP contribution in [0.15, 0.2) is 34.9 Å². The molecule has 1 aromatic carbocycles. The number of hydrogen-bond donors (Lipinski definition) is 2. The quantitative estimate of drug-likeness (QED) is 0.278. The highest BCUT2D eigenvalue weighted by Gasteiger charge is 2.60. The van der Waals surface area contributed by atoms with Crippen molar-refractivity contribution in [3.05, 3.63) is 50.5 Å². The minimum atomic E-state index is -0.828. The molecule has 0 aliphatic carbocycles. The number of carbonyl (C=O) groups excluding carboxylic acids is 2. The molecule has 10 heteroatoms. The lowest BCUT2D eigenvalue weighted by molar-refractivity contribution is -0.384. The summed E-state index contributed by atoms with van der Waals surface area (Å²) in [5.74, 6) is -1.36. The second kappa shape index (κ2) is 8.52. The van der Waals surface area contributed by atoms with Gasteiger partial charge in [-0.3, -0.25) is 14.9 Å². The Bertz CT molecular complexity index is 853. The smallest absolute Gasteiger partial charge is 0.356 e. The van der Waals surface area contributed by atoms with Crippen LogP contribution in [0.4, 0.5) is 5.69 Å².